The summed E-state index contributed by atoms with van der Waals surface area (Å²) in [6, 6.07) is 6.72. The summed E-state index contributed by atoms with van der Waals surface area (Å²) in [5.74, 6) is 0.380. The van der Waals surface area contributed by atoms with Crippen LogP contribution in [0.4, 0.5) is 4.39 Å². The fraction of sp³-hybridized carbons (Fsp3) is 0.471. The highest BCUT2D eigenvalue weighted by atomic mass is 19.1. The molecule has 0 aromatic heterocycles. The molecule has 1 N–H and O–H groups in total. The predicted molar refractivity (Wildman–Crippen MR) is 79.6 cm³/mol. The third-order valence-corrected chi connectivity index (χ3v) is 4.09. The van der Waals surface area contributed by atoms with Gasteiger partial charge >= 0.3 is 0 Å². The largest absolute Gasteiger partial charge is 0.350 e. The smallest absolute Gasteiger partial charge is 0.244 e. The number of carbonyl (C=O) groups is 1. The number of nitrogens with one attached hydrogen (secondary N) is 1. The average molecular weight is 275 g/mol. The fourth-order valence-electron chi connectivity index (χ4n) is 2.74. The molecule has 2 nitrogen and oxygen atoms in total. The lowest BCUT2D eigenvalue weighted by Gasteiger charge is -2.28. The average Bonchev–Trinajstić information content (AvgIpc) is 2.47. The second-order valence-electron chi connectivity index (χ2n) is 5.49. The van der Waals surface area contributed by atoms with Gasteiger partial charge in [-0.1, -0.05) is 31.5 Å². The molecule has 3 heteroatoms. The van der Waals surface area contributed by atoms with Gasteiger partial charge in [-0.3, -0.25) is 4.79 Å². The molecule has 0 heterocycles. The Balaban J connectivity index is 1.83. The maximum absolute atomic E-state index is 13.4. The van der Waals surface area contributed by atoms with E-state index in [1.165, 1.54) is 37.5 Å². The van der Waals surface area contributed by atoms with E-state index in [0.717, 1.165) is 18.8 Å². The van der Waals surface area contributed by atoms with Crippen LogP contribution in [0.15, 0.2) is 30.3 Å². The Morgan fingerprint density at radius 1 is 1.30 bits per heavy atom. The number of amides is 1. The van der Waals surface area contributed by atoms with Crippen LogP contribution in [-0.4, -0.2) is 11.9 Å². The molecule has 0 radical (unpaired) electrons. The fourth-order valence-corrected chi connectivity index (χ4v) is 2.74. The molecular weight excluding hydrogens is 253 g/mol. The van der Waals surface area contributed by atoms with E-state index in [1.54, 1.807) is 18.2 Å². The third kappa shape index (κ3) is 4.19. The first kappa shape index (κ1) is 14.8. The van der Waals surface area contributed by atoms with Crippen LogP contribution in [0.3, 0.4) is 0 Å². The summed E-state index contributed by atoms with van der Waals surface area (Å²) in [7, 11) is 0. The highest BCUT2D eigenvalue weighted by molar-refractivity contribution is 5.91. The molecule has 0 bridgehead atoms. The Morgan fingerprint density at radius 2 is 2.00 bits per heavy atom. The molecule has 108 valence electrons. The number of rotatable bonds is 4. The lowest BCUT2D eigenvalue weighted by atomic mass is 9.84. The van der Waals surface area contributed by atoms with Gasteiger partial charge in [-0.25, -0.2) is 4.39 Å². The number of benzene rings is 1. The van der Waals surface area contributed by atoms with Gasteiger partial charge in [-0.05, 0) is 43.7 Å². The van der Waals surface area contributed by atoms with E-state index in [0.29, 0.717) is 5.56 Å². The van der Waals surface area contributed by atoms with Crippen molar-refractivity contribution in [3.8, 4) is 0 Å². The molecule has 1 aromatic carbocycles. The molecule has 1 aromatic rings. The maximum atomic E-state index is 13.4. The van der Waals surface area contributed by atoms with Gasteiger partial charge in [0.2, 0.25) is 5.91 Å². The topological polar surface area (TPSA) is 29.1 Å². The number of hydrogen-bond donors (Lipinski definition) is 1. The van der Waals surface area contributed by atoms with Gasteiger partial charge in [0.25, 0.3) is 0 Å². The highest BCUT2D eigenvalue weighted by Gasteiger charge is 2.20. The van der Waals surface area contributed by atoms with Crippen molar-refractivity contribution in [2.75, 3.05) is 0 Å². The molecule has 20 heavy (non-hydrogen) atoms. The summed E-state index contributed by atoms with van der Waals surface area (Å²) in [6.07, 6.45) is 8.67. The number of hydrogen-bond acceptors (Lipinski definition) is 1. The molecule has 1 aliphatic rings. The zero-order valence-electron chi connectivity index (χ0n) is 11.9. The van der Waals surface area contributed by atoms with E-state index in [9.17, 15) is 9.18 Å². The first-order valence-corrected chi connectivity index (χ1v) is 7.42. The van der Waals surface area contributed by atoms with Crippen LogP contribution in [-0.2, 0) is 4.79 Å². The minimum absolute atomic E-state index is 0.131. The molecule has 1 aliphatic carbocycles. The van der Waals surface area contributed by atoms with Crippen molar-refractivity contribution in [1.82, 2.24) is 5.32 Å². The van der Waals surface area contributed by atoms with Crippen molar-refractivity contribution in [2.45, 2.75) is 45.1 Å². The lowest BCUT2D eigenvalue weighted by Crippen LogP contribution is -2.36. The molecule has 0 unspecified atom stereocenters. The van der Waals surface area contributed by atoms with E-state index in [-0.39, 0.29) is 17.8 Å². The van der Waals surface area contributed by atoms with Crippen LogP contribution in [0.5, 0.6) is 0 Å². The second kappa shape index (κ2) is 7.22. The molecule has 1 amide bonds. The van der Waals surface area contributed by atoms with Gasteiger partial charge in [0.1, 0.15) is 5.82 Å². The molecule has 0 aliphatic heterocycles. The molecule has 2 rings (SSSR count). The second-order valence-corrected chi connectivity index (χ2v) is 5.49. The molecule has 1 saturated carbocycles. The van der Waals surface area contributed by atoms with Crippen LogP contribution in [0.1, 0.15) is 44.6 Å². The third-order valence-electron chi connectivity index (χ3n) is 4.09. The van der Waals surface area contributed by atoms with E-state index >= 15 is 0 Å². The Morgan fingerprint density at radius 3 is 2.65 bits per heavy atom. The number of carbonyl (C=O) groups excluding carboxylic acids is 1. The zero-order valence-corrected chi connectivity index (χ0v) is 11.9. The normalized spacial score (nSPS) is 22.9. The van der Waals surface area contributed by atoms with Crippen LogP contribution in [0, 0.1) is 11.7 Å². The van der Waals surface area contributed by atoms with Crippen LogP contribution in [0.2, 0.25) is 0 Å². The van der Waals surface area contributed by atoms with Crippen molar-refractivity contribution >= 4 is 12.0 Å². The summed E-state index contributed by atoms with van der Waals surface area (Å²) in [5, 5.41) is 3.01. The minimum atomic E-state index is -0.306. The molecule has 0 saturated heterocycles. The van der Waals surface area contributed by atoms with Crippen LogP contribution < -0.4 is 5.32 Å². The standard InChI is InChI=1S/C17H22FNO/c1-2-13-7-10-15(11-8-13)19-17(20)12-9-14-5-3-4-6-16(14)18/h3-6,9,12-13,15H,2,7-8,10-11H2,1H3,(H,19,20). The summed E-state index contributed by atoms with van der Waals surface area (Å²) >= 11 is 0. The Labute approximate surface area is 120 Å². The molecule has 0 atom stereocenters. The molecule has 1 fully saturated rings. The highest BCUT2D eigenvalue weighted by Crippen LogP contribution is 2.26. The van der Waals surface area contributed by atoms with Crippen LogP contribution >= 0.6 is 0 Å². The molecule has 0 spiro atoms. The van der Waals surface area contributed by atoms with Gasteiger partial charge in [0, 0.05) is 17.7 Å². The van der Waals surface area contributed by atoms with Crippen molar-refractivity contribution in [2.24, 2.45) is 5.92 Å². The van der Waals surface area contributed by atoms with E-state index in [2.05, 4.69) is 12.2 Å². The van der Waals surface area contributed by atoms with E-state index in [1.807, 2.05) is 0 Å². The summed E-state index contributed by atoms with van der Waals surface area (Å²) in [5.41, 5.74) is 0.442. The van der Waals surface area contributed by atoms with Gasteiger partial charge in [-0.2, -0.15) is 0 Å². The predicted octanol–water partition coefficient (Wildman–Crippen LogP) is 3.92. The first-order valence-electron chi connectivity index (χ1n) is 7.42. The Hall–Kier alpha value is -1.64. The minimum Gasteiger partial charge on any atom is -0.350 e. The summed E-state index contributed by atoms with van der Waals surface area (Å²) < 4.78 is 13.4. The van der Waals surface area contributed by atoms with Gasteiger partial charge in [-0.15, -0.1) is 0 Å². The van der Waals surface area contributed by atoms with Crippen LogP contribution in [0.25, 0.3) is 6.08 Å². The van der Waals surface area contributed by atoms with Crippen molar-refractivity contribution in [3.05, 3.63) is 41.7 Å². The summed E-state index contributed by atoms with van der Waals surface area (Å²) in [6.45, 7) is 2.22. The van der Waals surface area contributed by atoms with Gasteiger partial charge in [0.05, 0.1) is 0 Å². The van der Waals surface area contributed by atoms with E-state index < -0.39 is 0 Å². The van der Waals surface area contributed by atoms with E-state index in [4.69, 9.17) is 0 Å². The quantitative estimate of drug-likeness (QED) is 0.829. The van der Waals surface area contributed by atoms with Gasteiger partial charge in [0.15, 0.2) is 0 Å². The molecular formula is C17H22FNO. The Bertz CT molecular complexity index is 476. The maximum Gasteiger partial charge on any atom is 0.244 e. The number of halogens is 1. The first-order chi connectivity index (χ1) is 9.69. The van der Waals surface area contributed by atoms with Gasteiger partial charge < -0.3 is 5.32 Å². The lowest BCUT2D eigenvalue weighted by molar-refractivity contribution is -0.117. The Kier molecular flexibility index (Phi) is 5.33. The van der Waals surface area contributed by atoms with Crippen molar-refractivity contribution in [1.29, 1.82) is 0 Å². The summed E-state index contributed by atoms with van der Waals surface area (Å²) in [4.78, 5) is 11.8. The van der Waals surface area contributed by atoms with Crippen molar-refractivity contribution < 1.29 is 9.18 Å². The monoisotopic (exact) mass is 275 g/mol. The SMILES string of the molecule is CCC1CCC(NC(=O)C=Cc2ccccc2F)CC1. The zero-order chi connectivity index (χ0) is 14.4. The van der Waals surface area contributed by atoms with Crippen molar-refractivity contribution in [3.63, 3.8) is 0 Å².